The molecule has 2 aliphatic heterocycles. The summed E-state index contributed by atoms with van der Waals surface area (Å²) in [5, 5.41) is 15.2. The fraction of sp³-hybridized carbons (Fsp3) is 0.476. The first-order valence-corrected chi connectivity index (χ1v) is 10.2. The van der Waals surface area contributed by atoms with E-state index < -0.39 is 0 Å². The highest BCUT2D eigenvalue weighted by Gasteiger charge is 2.26. The van der Waals surface area contributed by atoms with Crippen molar-refractivity contribution >= 4 is 17.0 Å². The van der Waals surface area contributed by atoms with Crippen molar-refractivity contribution in [2.24, 2.45) is 0 Å². The average Bonchev–Trinajstić information content (AvgIpc) is 3.39. The minimum atomic E-state index is 0.00601. The van der Waals surface area contributed by atoms with E-state index in [1.165, 1.54) is 0 Å². The van der Waals surface area contributed by atoms with Crippen molar-refractivity contribution in [1.29, 1.82) is 0 Å². The molecule has 2 aliphatic rings. The third-order valence-electron chi connectivity index (χ3n) is 5.83. The Balaban J connectivity index is 1.66. The Morgan fingerprint density at radius 2 is 2.03 bits per heavy atom. The summed E-state index contributed by atoms with van der Waals surface area (Å²) in [6.07, 6.45) is 2.96. The lowest BCUT2D eigenvalue weighted by Gasteiger charge is -2.27. The average molecular weight is 394 g/mol. The summed E-state index contributed by atoms with van der Waals surface area (Å²) in [6.45, 7) is 4.98. The Kier molecular flexibility index (Phi) is 4.91. The van der Waals surface area contributed by atoms with Crippen molar-refractivity contribution in [2.45, 2.75) is 19.1 Å². The number of likely N-dealkylation sites (N-methyl/N-ethyl adjacent to an activating group) is 1. The molecule has 0 bridgehead atoms. The second-order valence-electron chi connectivity index (χ2n) is 7.86. The zero-order chi connectivity index (χ0) is 19.8. The molecule has 0 amide bonds. The third kappa shape index (κ3) is 3.48. The van der Waals surface area contributed by atoms with Crippen molar-refractivity contribution in [3.8, 4) is 11.3 Å². The van der Waals surface area contributed by atoms with Crippen LogP contribution in [-0.2, 0) is 11.3 Å². The van der Waals surface area contributed by atoms with E-state index in [4.69, 9.17) is 19.8 Å². The molecule has 8 heteroatoms. The maximum Gasteiger partial charge on any atom is 0.228 e. The molecular formula is C21H26N6O2. The van der Waals surface area contributed by atoms with Crippen molar-refractivity contribution in [2.75, 3.05) is 51.3 Å². The van der Waals surface area contributed by atoms with E-state index in [-0.39, 0.29) is 6.61 Å². The molecule has 1 N–H and O–H groups in total. The number of aliphatic hydroxyl groups is 1. The van der Waals surface area contributed by atoms with Gasteiger partial charge in [0, 0.05) is 31.7 Å². The Morgan fingerprint density at radius 1 is 1.17 bits per heavy atom. The van der Waals surface area contributed by atoms with Gasteiger partial charge in [-0.25, -0.2) is 9.67 Å². The van der Waals surface area contributed by atoms with Crippen LogP contribution in [0.15, 0.2) is 30.5 Å². The molecule has 3 aromatic rings. The lowest BCUT2D eigenvalue weighted by Crippen LogP contribution is -2.37. The fourth-order valence-corrected chi connectivity index (χ4v) is 4.23. The number of likely N-dealkylation sites (tertiary alicyclic amines) is 1. The molecule has 0 aliphatic carbocycles. The van der Waals surface area contributed by atoms with Gasteiger partial charge in [-0.3, -0.25) is 0 Å². The first-order valence-electron chi connectivity index (χ1n) is 10.2. The van der Waals surface area contributed by atoms with E-state index in [1.54, 1.807) is 0 Å². The number of morpholine rings is 1. The standard InChI is InChI=1S/C21H26N6O2/c1-25-6-5-17(13-25)27-20-18(12-22-27)19(16-4-2-3-15(11-16)14-28)23-21(24-20)26-7-9-29-10-8-26/h2-4,11-12,17,28H,5-10,13-14H2,1H3. The fourth-order valence-electron chi connectivity index (χ4n) is 4.23. The van der Waals surface area contributed by atoms with Crippen LogP contribution in [0.4, 0.5) is 5.95 Å². The van der Waals surface area contributed by atoms with Gasteiger partial charge in [-0.2, -0.15) is 10.1 Å². The Hall–Kier alpha value is -2.55. The van der Waals surface area contributed by atoms with Gasteiger partial charge in [-0.1, -0.05) is 18.2 Å². The summed E-state index contributed by atoms with van der Waals surface area (Å²) in [5.74, 6) is 0.721. The van der Waals surface area contributed by atoms with Crippen LogP contribution in [-0.4, -0.2) is 76.2 Å². The van der Waals surface area contributed by atoms with Gasteiger partial charge in [0.15, 0.2) is 5.65 Å². The van der Waals surface area contributed by atoms with Gasteiger partial charge in [0.05, 0.1) is 43.1 Å². The van der Waals surface area contributed by atoms with Crippen molar-refractivity contribution in [3.05, 3.63) is 36.0 Å². The van der Waals surface area contributed by atoms with Crippen LogP contribution in [0.5, 0.6) is 0 Å². The second-order valence-corrected chi connectivity index (χ2v) is 7.86. The summed E-state index contributed by atoms with van der Waals surface area (Å²) in [7, 11) is 2.14. The van der Waals surface area contributed by atoms with Crippen molar-refractivity contribution < 1.29 is 9.84 Å². The molecule has 1 aromatic carbocycles. The van der Waals surface area contributed by atoms with Gasteiger partial charge in [-0.05, 0) is 25.1 Å². The first kappa shape index (κ1) is 18.5. The highest BCUT2D eigenvalue weighted by Crippen LogP contribution is 2.32. The molecule has 8 nitrogen and oxygen atoms in total. The van der Waals surface area contributed by atoms with Gasteiger partial charge in [0.2, 0.25) is 5.95 Å². The van der Waals surface area contributed by atoms with Crippen LogP contribution in [0, 0.1) is 0 Å². The molecule has 2 aromatic heterocycles. The molecule has 0 saturated carbocycles. The molecule has 0 spiro atoms. The highest BCUT2D eigenvalue weighted by atomic mass is 16.5. The summed E-state index contributed by atoms with van der Waals surface area (Å²) in [5.41, 5.74) is 3.59. The van der Waals surface area contributed by atoms with Crippen LogP contribution in [0.2, 0.25) is 0 Å². The van der Waals surface area contributed by atoms with Crippen molar-refractivity contribution in [3.63, 3.8) is 0 Å². The Morgan fingerprint density at radius 3 is 2.79 bits per heavy atom. The number of hydrogen-bond acceptors (Lipinski definition) is 7. The number of ether oxygens (including phenoxy) is 1. The zero-order valence-electron chi connectivity index (χ0n) is 16.7. The molecule has 0 radical (unpaired) electrons. The number of aromatic nitrogens is 4. The minimum Gasteiger partial charge on any atom is -0.392 e. The van der Waals surface area contributed by atoms with E-state index in [9.17, 15) is 5.11 Å². The normalized spacial score (nSPS) is 20.6. The number of fused-ring (bicyclic) bond motifs is 1. The van der Waals surface area contributed by atoms with E-state index in [0.717, 1.165) is 66.4 Å². The number of benzene rings is 1. The van der Waals surface area contributed by atoms with E-state index in [2.05, 4.69) is 21.5 Å². The van der Waals surface area contributed by atoms with E-state index in [1.807, 2.05) is 30.5 Å². The highest BCUT2D eigenvalue weighted by molar-refractivity contribution is 5.91. The smallest absolute Gasteiger partial charge is 0.228 e. The maximum absolute atomic E-state index is 9.58. The molecule has 2 saturated heterocycles. The topological polar surface area (TPSA) is 79.5 Å². The van der Waals surface area contributed by atoms with Gasteiger partial charge in [0.1, 0.15) is 0 Å². The Bertz CT molecular complexity index is 1010. The number of nitrogens with zero attached hydrogens (tertiary/aromatic N) is 6. The molecule has 1 unspecified atom stereocenters. The molecule has 2 fully saturated rings. The molecule has 1 atom stereocenters. The zero-order valence-corrected chi connectivity index (χ0v) is 16.7. The van der Waals surface area contributed by atoms with Crippen LogP contribution >= 0.6 is 0 Å². The molecule has 152 valence electrons. The summed E-state index contributed by atoms with van der Waals surface area (Å²) in [4.78, 5) is 14.4. The first-order chi connectivity index (χ1) is 14.2. The van der Waals surface area contributed by atoms with Gasteiger partial charge in [0.25, 0.3) is 0 Å². The SMILES string of the molecule is CN1CCC(n2ncc3c(-c4cccc(CO)c4)nc(N4CCOCC4)nc32)C1. The molecule has 5 rings (SSSR count). The van der Waals surface area contributed by atoms with E-state index >= 15 is 0 Å². The van der Waals surface area contributed by atoms with Crippen LogP contribution in [0.25, 0.3) is 22.3 Å². The summed E-state index contributed by atoms with van der Waals surface area (Å²) >= 11 is 0. The van der Waals surface area contributed by atoms with Crippen LogP contribution < -0.4 is 4.90 Å². The summed E-state index contributed by atoms with van der Waals surface area (Å²) in [6, 6.07) is 8.22. The third-order valence-corrected chi connectivity index (χ3v) is 5.83. The predicted octanol–water partition coefficient (Wildman–Crippen LogP) is 1.70. The van der Waals surface area contributed by atoms with Crippen LogP contribution in [0.1, 0.15) is 18.0 Å². The largest absolute Gasteiger partial charge is 0.392 e. The monoisotopic (exact) mass is 394 g/mol. The lowest BCUT2D eigenvalue weighted by molar-refractivity contribution is 0.122. The molecular weight excluding hydrogens is 368 g/mol. The number of aliphatic hydroxyl groups excluding tert-OH is 1. The molecule has 4 heterocycles. The van der Waals surface area contributed by atoms with Gasteiger partial charge >= 0.3 is 0 Å². The van der Waals surface area contributed by atoms with Crippen LogP contribution in [0.3, 0.4) is 0 Å². The minimum absolute atomic E-state index is 0.00601. The van der Waals surface area contributed by atoms with Gasteiger partial charge in [-0.15, -0.1) is 0 Å². The number of rotatable bonds is 4. The number of hydrogen-bond donors (Lipinski definition) is 1. The Labute approximate surface area is 169 Å². The van der Waals surface area contributed by atoms with E-state index in [0.29, 0.717) is 19.3 Å². The lowest BCUT2D eigenvalue weighted by atomic mass is 10.1. The number of anilines is 1. The second kappa shape index (κ2) is 7.70. The molecule has 29 heavy (non-hydrogen) atoms. The summed E-state index contributed by atoms with van der Waals surface area (Å²) < 4.78 is 7.58. The van der Waals surface area contributed by atoms with Crippen molar-refractivity contribution in [1.82, 2.24) is 24.6 Å². The maximum atomic E-state index is 9.58. The quantitative estimate of drug-likeness (QED) is 0.721. The predicted molar refractivity (Wildman–Crippen MR) is 111 cm³/mol. The van der Waals surface area contributed by atoms with Gasteiger partial charge < -0.3 is 19.6 Å².